The Kier molecular flexibility index (Phi) is 8.66. The molecule has 7 heteroatoms. The molecule has 7 nitrogen and oxygen atoms in total. The van der Waals surface area contributed by atoms with Crippen LogP contribution >= 0.6 is 0 Å². The van der Waals surface area contributed by atoms with Crippen molar-refractivity contribution in [2.45, 2.75) is 19.4 Å². The number of rotatable bonds is 6. The van der Waals surface area contributed by atoms with E-state index in [1.807, 2.05) is 0 Å². The Hall–Kier alpha value is -3.06. The molecule has 0 aliphatic heterocycles. The zero-order valence-electron chi connectivity index (χ0n) is 14.8. The molecule has 0 aliphatic rings. The Morgan fingerprint density at radius 1 is 0.885 bits per heavy atom. The van der Waals surface area contributed by atoms with Gasteiger partial charge < -0.3 is 24.4 Å². The first-order chi connectivity index (χ1) is 12.4. The second-order valence-electron chi connectivity index (χ2n) is 5.02. The number of aliphatic carboxylic acids is 1. The zero-order chi connectivity index (χ0) is 19.5. The monoisotopic (exact) mass is 362 g/mol. The molecule has 0 aliphatic carbocycles. The van der Waals surface area contributed by atoms with Crippen LogP contribution in [0.5, 0.6) is 17.2 Å². The molecule has 0 amide bonds. The van der Waals surface area contributed by atoms with Crippen molar-refractivity contribution < 1.29 is 34.0 Å². The minimum absolute atomic E-state index is 0.231. The van der Waals surface area contributed by atoms with Crippen LogP contribution in [0.2, 0.25) is 0 Å². The minimum Gasteiger partial charge on any atom is -0.497 e. The Labute approximate surface area is 151 Å². The van der Waals surface area contributed by atoms with Gasteiger partial charge in [-0.3, -0.25) is 4.79 Å². The zero-order valence-corrected chi connectivity index (χ0v) is 14.8. The molecule has 1 atom stereocenters. The third kappa shape index (κ3) is 6.82. The number of benzene rings is 2. The summed E-state index contributed by atoms with van der Waals surface area (Å²) in [7, 11) is 3.11. The maximum absolute atomic E-state index is 10.9. The van der Waals surface area contributed by atoms with E-state index in [0.29, 0.717) is 23.5 Å². The molecule has 0 spiro atoms. The van der Waals surface area contributed by atoms with E-state index in [9.17, 15) is 9.59 Å². The van der Waals surface area contributed by atoms with Crippen molar-refractivity contribution in [1.82, 2.24) is 0 Å². The molecular weight excluding hydrogens is 340 g/mol. The Morgan fingerprint density at radius 3 is 1.69 bits per heavy atom. The van der Waals surface area contributed by atoms with Crippen LogP contribution in [-0.2, 0) is 9.59 Å². The molecule has 2 N–H and O–H groups in total. The van der Waals surface area contributed by atoms with Gasteiger partial charge in [-0.1, -0.05) is 19.1 Å². The molecule has 2 aromatic rings. The first-order valence-electron chi connectivity index (χ1n) is 7.80. The highest BCUT2D eigenvalue weighted by Gasteiger charge is 2.15. The SMILES string of the molecule is CCC(=O)Oc1ccc(OC)cc1.COc1ccc(C(O)C(=O)O)cc1. The number of carboxylic acid groups (broad SMARTS) is 1. The molecule has 0 aromatic heterocycles. The van der Waals surface area contributed by atoms with Gasteiger partial charge in [-0.15, -0.1) is 0 Å². The van der Waals surface area contributed by atoms with Crippen LogP contribution in [0.4, 0.5) is 0 Å². The smallest absolute Gasteiger partial charge is 0.337 e. The first kappa shape index (κ1) is 21.0. The second-order valence-corrected chi connectivity index (χ2v) is 5.02. The average Bonchev–Trinajstić information content (AvgIpc) is 2.68. The number of hydrogen-bond donors (Lipinski definition) is 2. The minimum atomic E-state index is -1.47. The van der Waals surface area contributed by atoms with Crippen molar-refractivity contribution in [3.8, 4) is 17.2 Å². The number of hydrogen-bond acceptors (Lipinski definition) is 6. The summed E-state index contributed by atoms with van der Waals surface area (Å²) >= 11 is 0. The number of methoxy groups -OCH3 is 2. The summed E-state index contributed by atoms with van der Waals surface area (Å²) in [6.07, 6.45) is -1.09. The molecule has 0 radical (unpaired) electrons. The van der Waals surface area contributed by atoms with Crippen LogP contribution < -0.4 is 14.2 Å². The van der Waals surface area contributed by atoms with Gasteiger partial charge in [0.05, 0.1) is 14.2 Å². The van der Waals surface area contributed by atoms with Crippen LogP contribution in [-0.4, -0.2) is 36.4 Å². The highest BCUT2D eigenvalue weighted by Crippen LogP contribution is 2.18. The van der Waals surface area contributed by atoms with Crippen molar-refractivity contribution in [2.24, 2.45) is 0 Å². The van der Waals surface area contributed by atoms with Gasteiger partial charge in [-0.05, 0) is 42.0 Å². The van der Waals surface area contributed by atoms with E-state index in [4.69, 9.17) is 24.4 Å². The fourth-order valence-electron chi connectivity index (χ4n) is 1.78. The molecule has 2 aromatic carbocycles. The van der Waals surface area contributed by atoms with Crippen LogP contribution in [0.15, 0.2) is 48.5 Å². The number of carbonyl (C=O) groups excluding carboxylic acids is 1. The van der Waals surface area contributed by atoms with Crippen LogP contribution in [0.1, 0.15) is 25.0 Å². The normalized spacial score (nSPS) is 10.8. The predicted octanol–water partition coefficient (Wildman–Crippen LogP) is 2.82. The lowest BCUT2D eigenvalue weighted by Gasteiger charge is -2.06. The molecular formula is C19H22O7. The maximum Gasteiger partial charge on any atom is 0.337 e. The lowest BCUT2D eigenvalue weighted by molar-refractivity contribution is -0.147. The van der Waals surface area contributed by atoms with Crippen molar-refractivity contribution >= 4 is 11.9 Å². The molecule has 1 unspecified atom stereocenters. The Bertz CT molecular complexity index is 691. The number of aliphatic hydroxyl groups is 1. The predicted molar refractivity (Wildman–Crippen MR) is 94.5 cm³/mol. The van der Waals surface area contributed by atoms with E-state index >= 15 is 0 Å². The lowest BCUT2D eigenvalue weighted by Crippen LogP contribution is -2.09. The summed E-state index contributed by atoms with van der Waals surface area (Å²) in [5.41, 5.74) is 0.341. The Balaban J connectivity index is 0.000000260. The average molecular weight is 362 g/mol. The summed E-state index contributed by atoms with van der Waals surface area (Å²) in [4.78, 5) is 21.3. The molecule has 0 bridgehead atoms. The molecule has 26 heavy (non-hydrogen) atoms. The molecule has 0 heterocycles. The van der Waals surface area contributed by atoms with Crippen molar-refractivity contribution in [1.29, 1.82) is 0 Å². The number of aliphatic hydroxyl groups excluding tert-OH is 1. The molecule has 0 fully saturated rings. The van der Waals surface area contributed by atoms with Gasteiger partial charge in [0.25, 0.3) is 0 Å². The van der Waals surface area contributed by atoms with Gasteiger partial charge in [-0.2, -0.15) is 0 Å². The lowest BCUT2D eigenvalue weighted by atomic mass is 10.1. The van der Waals surface area contributed by atoms with E-state index in [0.717, 1.165) is 5.75 Å². The van der Waals surface area contributed by atoms with Crippen molar-refractivity contribution in [3.05, 3.63) is 54.1 Å². The van der Waals surface area contributed by atoms with E-state index in [2.05, 4.69) is 0 Å². The number of ether oxygens (including phenoxy) is 3. The number of carboxylic acids is 1. The highest BCUT2D eigenvalue weighted by atomic mass is 16.5. The third-order valence-electron chi connectivity index (χ3n) is 3.25. The first-order valence-corrected chi connectivity index (χ1v) is 7.80. The molecule has 140 valence electrons. The molecule has 2 rings (SSSR count). The summed E-state index contributed by atoms with van der Waals surface area (Å²) in [6.45, 7) is 1.76. The van der Waals surface area contributed by atoms with Crippen molar-refractivity contribution in [2.75, 3.05) is 14.2 Å². The van der Waals surface area contributed by atoms with Gasteiger partial charge in [0.2, 0.25) is 0 Å². The topological polar surface area (TPSA) is 102 Å². The standard InChI is InChI=1S/C10H12O3.C9H10O4/c1-3-10(11)13-9-6-4-8(12-2)5-7-9;1-13-7-4-2-6(3-5-7)8(10)9(11)12/h4-7H,3H2,1-2H3;2-5,8,10H,1H3,(H,11,12). The maximum atomic E-state index is 10.9. The van der Waals surface area contributed by atoms with E-state index in [1.54, 1.807) is 50.4 Å². The largest absolute Gasteiger partial charge is 0.497 e. The molecule has 0 saturated carbocycles. The van der Waals surface area contributed by atoms with E-state index < -0.39 is 12.1 Å². The third-order valence-corrected chi connectivity index (χ3v) is 3.25. The van der Waals surface area contributed by atoms with Crippen LogP contribution in [0, 0.1) is 0 Å². The van der Waals surface area contributed by atoms with Gasteiger partial charge in [-0.25, -0.2) is 4.79 Å². The summed E-state index contributed by atoms with van der Waals surface area (Å²) < 4.78 is 14.8. The van der Waals surface area contributed by atoms with Gasteiger partial charge in [0.15, 0.2) is 6.10 Å². The summed E-state index contributed by atoms with van der Waals surface area (Å²) in [5.74, 6) is 0.431. The fourth-order valence-corrected chi connectivity index (χ4v) is 1.78. The van der Waals surface area contributed by atoms with Crippen molar-refractivity contribution in [3.63, 3.8) is 0 Å². The highest BCUT2D eigenvalue weighted by molar-refractivity contribution is 5.74. The van der Waals surface area contributed by atoms with E-state index in [1.165, 1.54) is 19.2 Å². The van der Waals surface area contributed by atoms with E-state index in [-0.39, 0.29) is 5.97 Å². The van der Waals surface area contributed by atoms with Gasteiger partial charge >= 0.3 is 11.9 Å². The van der Waals surface area contributed by atoms with Gasteiger partial charge in [0, 0.05) is 6.42 Å². The van der Waals surface area contributed by atoms with Gasteiger partial charge in [0.1, 0.15) is 17.2 Å². The number of esters is 1. The quantitative estimate of drug-likeness (QED) is 0.602. The summed E-state index contributed by atoms with van der Waals surface area (Å²) in [6, 6.07) is 13.1. The molecule has 0 saturated heterocycles. The Morgan fingerprint density at radius 2 is 1.31 bits per heavy atom. The summed E-state index contributed by atoms with van der Waals surface area (Å²) in [5, 5.41) is 17.6. The van der Waals surface area contributed by atoms with Crippen LogP contribution in [0.3, 0.4) is 0 Å². The second kappa shape index (κ2) is 10.7. The fraction of sp³-hybridized carbons (Fsp3) is 0.263. The van der Waals surface area contributed by atoms with Crippen LogP contribution in [0.25, 0.3) is 0 Å². The number of carbonyl (C=O) groups is 2.